The number of anilines is 1. The summed E-state index contributed by atoms with van der Waals surface area (Å²) in [6, 6.07) is 17.1. The summed E-state index contributed by atoms with van der Waals surface area (Å²) in [6.45, 7) is 2.03. The van der Waals surface area contributed by atoms with Crippen LogP contribution in [0, 0.1) is 22.7 Å². The topological polar surface area (TPSA) is 68.8 Å². The molecule has 1 atom stereocenters. The van der Waals surface area contributed by atoms with Crippen LogP contribution in [0.5, 0.6) is 5.75 Å². The summed E-state index contributed by atoms with van der Waals surface area (Å²) in [4.78, 5) is 0. The lowest BCUT2D eigenvalue weighted by Crippen LogP contribution is -2.06. The largest absolute Gasteiger partial charge is 0.497 e. The van der Waals surface area contributed by atoms with E-state index in [2.05, 4.69) is 5.32 Å². The zero-order valence-corrected chi connectivity index (χ0v) is 11.9. The Labute approximate surface area is 124 Å². The van der Waals surface area contributed by atoms with Gasteiger partial charge in [-0.1, -0.05) is 12.1 Å². The van der Waals surface area contributed by atoms with Gasteiger partial charge in [-0.15, -0.1) is 0 Å². The summed E-state index contributed by atoms with van der Waals surface area (Å²) in [6.07, 6.45) is 0. The third kappa shape index (κ3) is 3.32. The lowest BCUT2D eigenvalue weighted by Gasteiger charge is -2.16. The first-order valence-corrected chi connectivity index (χ1v) is 6.52. The van der Waals surface area contributed by atoms with Gasteiger partial charge in [-0.05, 0) is 42.8 Å². The van der Waals surface area contributed by atoms with Crippen LogP contribution >= 0.6 is 0 Å². The summed E-state index contributed by atoms with van der Waals surface area (Å²) in [5.41, 5.74) is 2.69. The van der Waals surface area contributed by atoms with E-state index in [1.807, 2.05) is 43.3 Å². The minimum atomic E-state index is 0.0791. The summed E-state index contributed by atoms with van der Waals surface area (Å²) >= 11 is 0. The van der Waals surface area contributed by atoms with Gasteiger partial charge in [0.25, 0.3) is 0 Å². The molecule has 104 valence electrons. The van der Waals surface area contributed by atoms with Crippen molar-refractivity contribution < 1.29 is 4.74 Å². The molecule has 2 aromatic carbocycles. The summed E-state index contributed by atoms with van der Waals surface area (Å²) in [5.74, 6) is 0.816. The smallest absolute Gasteiger partial charge is 0.118 e. The minimum absolute atomic E-state index is 0.0791. The molecule has 0 saturated heterocycles. The van der Waals surface area contributed by atoms with Gasteiger partial charge < -0.3 is 10.1 Å². The molecule has 0 amide bonds. The zero-order chi connectivity index (χ0) is 15.2. The van der Waals surface area contributed by atoms with Crippen molar-refractivity contribution in [2.24, 2.45) is 0 Å². The lowest BCUT2D eigenvalue weighted by atomic mass is 10.1. The molecule has 0 aliphatic heterocycles. The lowest BCUT2D eigenvalue weighted by molar-refractivity contribution is 0.414. The van der Waals surface area contributed by atoms with E-state index in [9.17, 15) is 0 Å². The predicted octanol–water partition coefficient (Wildman–Crippen LogP) is 3.61. The number of methoxy groups -OCH3 is 1. The van der Waals surface area contributed by atoms with Gasteiger partial charge in [-0.3, -0.25) is 0 Å². The Morgan fingerprint density at radius 2 is 1.67 bits per heavy atom. The molecule has 4 heteroatoms. The molecule has 0 aliphatic rings. The second kappa shape index (κ2) is 6.45. The van der Waals surface area contributed by atoms with Crippen LogP contribution in [0.1, 0.15) is 29.7 Å². The fraction of sp³-hybridized carbons (Fsp3) is 0.176. The molecule has 21 heavy (non-hydrogen) atoms. The van der Waals surface area contributed by atoms with Crippen molar-refractivity contribution in [2.45, 2.75) is 13.0 Å². The molecule has 0 saturated carbocycles. The molecule has 1 N–H and O–H groups in total. The van der Waals surface area contributed by atoms with Crippen LogP contribution in [0.25, 0.3) is 0 Å². The van der Waals surface area contributed by atoms with Crippen molar-refractivity contribution in [3.63, 3.8) is 0 Å². The first-order chi connectivity index (χ1) is 10.2. The van der Waals surface area contributed by atoms with Crippen molar-refractivity contribution in [3.05, 3.63) is 59.2 Å². The highest BCUT2D eigenvalue weighted by Crippen LogP contribution is 2.23. The number of nitrogens with one attached hydrogen (secondary N) is 1. The third-order valence-electron chi connectivity index (χ3n) is 3.26. The van der Waals surface area contributed by atoms with Crippen LogP contribution in [0.2, 0.25) is 0 Å². The maximum absolute atomic E-state index is 9.04. The van der Waals surface area contributed by atoms with Crippen LogP contribution in [-0.2, 0) is 0 Å². The average Bonchev–Trinajstić information content (AvgIpc) is 2.54. The molecule has 0 aromatic heterocycles. The summed E-state index contributed by atoms with van der Waals surface area (Å²) in [5, 5.41) is 21.3. The molecule has 2 rings (SSSR count). The van der Waals surface area contributed by atoms with Crippen LogP contribution in [0.3, 0.4) is 0 Å². The predicted molar refractivity (Wildman–Crippen MR) is 80.9 cm³/mol. The molecule has 2 aromatic rings. The first kappa shape index (κ1) is 14.4. The monoisotopic (exact) mass is 277 g/mol. The fourth-order valence-corrected chi connectivity index (χ4v) is 2.05. The van der Waals surface area contributed by atoms with Crippen molar-refractivity contribution in [2.75, 3.05) is 12.4 Å². The van der Waals surface area contributed by atoms with E-state index in [1.54, 1.807) is 25.3 Å². The Hall–Kier alpha value is -2.98. The number of hydrogen-bond acceptors (Lipinski definition) is 4. The third-order valence-corrected chi connectivity index (χ3v) is 3.26. The molecular formula is C17H15N3O. The van der Waals surface area contributed by atoms with Crippen LogP contribution in [0.15, 0.2) is 42.5 Å². The van der Waals surface area contributed by atoms with E-state index in [1.165, 1.54) is 0 Å². The van der Waals surface area contributed by atoms with Crippen LogP contribution < -0.4 is 10.1 Å². The Bertz CT molecular complexity index is 708. The summed E-state index contributed by atoms with van der Waals surface area (Å²) < 4.78 is 5.14. The molecule has 0 fully saturated rings. The normalized spacial score (nSPS) is 11.0. The number of nitrogens with zero attached hydrogens (tertiary/aromatic N) is 2. The second-order valence-electron chi connectivity index (χ2n) is 4.62. The van der Waals surface area contributed by atoms with Gasteiger partial charge >= 0.3 is 0 Å². The quantitative estimate of drug-likeness (QED) is 0.926. The second-order valence-corrected chi connectivity index (χ2v) is 4.62. The van der Waals surface area contributed by atoms with Gasteiger partial charge in [-0.2, -0.15) is 10.5 Å². The van der Waals surface area contributed by atoms with Crippen molar-refractivity contribution in [1.29, 1.82) is 10.5 Å². The standard InChI is InChI=1S/C17H15N3O/c1-12(13-4-7-17(21-2)8-5-13)20-16-6-3-14(10-18)15(9-16)11-19/h3-9,12,20H,1-2H3. The number of nitriles is 2. The molecule has 0 heterocycles. The van der Waals surface area contributed by atoms with E-state index in [0.29, 0.717) is 11.1 Å². The number of benzene rings is 2. The van der Waals surface area contributed by atoms with Gasteiger partial charge in [0.05, 0.1) is 18.2 Å². The maximum Gasteiger partial charge on any atom is 0.118 e. The van der Waals surface area contributed by atoms with Gasteiger partial charge in [0.2, 0.25) is 0 Å². The van der Waals surface area contributed by atoms with Crippen molar-refractivity contribution >= 4 is 5.69 Å². The van der Waals surface area contributed by atoms with Crippen molar-refractivity contribution in [1.82, 2.24) is 0 Å². The molecule has 0 bridgehead atoms. The maximum atomic E-state index is 9.04. The number of rotatable bonds is 4. The van der Waals surface area contributed by atoms with E-state index < -0.39 is 0 Å². The Balaban J connectivity index is 2.17. The van der Waals surface area contributed by atoms with E-state index in [4.69, 9.17) is 15.3 Å². The highest BCUT2D eigenvalue weighted by atomic mass is 16.5. The van der Waals surface area contributed by atoms with Gasteiger partial charge in [-0.25, -0.2) is 0 Å². The molecular weight excluding hydrogens is 262 g/mol. The fourth-order valence-electron chi connectivity index (χ4n) is 2.05. The van der Waals surface area contributed by atoms with Crippen LogP contribution in [0.4, 0.5) is 5.69 Å². The Morgan fingerprint density at radius 3 is 2.24 bits per heavy atom. The SMILES string of the molecule is COc1ccc(C(C)Nc2ccc(C#N)c(C#N)c2)cc1. The molecule has 0 radical (unpaired) electrons. The zero-order valence-electron chi connectivity index (χ0n) is 11.9. The summed E-state index contributed by atoms with van der Waals surface area (Å²) in [7, 11) is 1.64. The molecule has 1 unspecified atom stereocenters. The first-order valence-electron chi connectivity index (χ1n) is 6.52. The number of hydrogen-bond donors (Lipinski definition) is 1. The van der Waals surface area contributed by atoms with Gasteiger partial charge in [0, 0.05) is 11.7 Å². The van der Waals surface area contributed by atoms with Gasteiger partial charge in [0.1, 0.15) is 17.9 Å². The van der Waals surface area contributed by atoms with Crippen molar-refractivity contribution in [3.8, 4) is 17.9 Å². The minimum Gasteiger partial charge on any atom is -0.497 e. The van der Waals surface area contributed by atoms with Crippen LogP contribution in [-0.4, -0.2) is 7.11 Å². The highest BCUT2D eigenvalue weighted by molar-refractivity contribution is 5.57. The number of ether oxygens (including phenoxy) is 1. The molecule has 0 spiro atoms. The average molecular weight is 277 g/mol. The van der Waals surface area contributed by atoms with E-state index in [0.717, 1.165) is 17.0 Å². The highest BCUT2D eigenvalue weighted by Gasteiger charge is 2.08. The van der Waals surface area contributed by atoms with E-state index in [-0.39, 0.29) is 6.04 Å². The molecule has 0 aliphatic carbocycles. The van der Waals surface area contributed by atoms with Gasteiger partial charge in [0.15, 0.2) is 0 Å². The Morgan fingerprint density at radius 1 is 1.00 bits per heavy atom. The molecule has 4 nitrogen and oxygen atoms in total. The Kier molecular flexibility index (Phi) is 4.43. The van der Waals surface area contributed by atoms with E-state index >= 15 is 0 Å².